The normalized spacial score (nSPS) is 8.09. The number of thiol groups is 1. The molecule has 0 saturated heterocycles. The Bertz CT molecular complexity index is 92.4. The smallest absolute Gasteiger partial charge is 0.133 e. The van der Waals surface area contributed by atoms with Crippen molar-refractivity contribution in [3.05, 3.63) is 0 Å². The first-order valence-corrected chi connectivity index (χ1v) is 4.55. The van der Waals surface area contributed by atoms with Gasteiger partial charge in [-0.3, -0.25) is 0 Å². The predicted octanol–water partition coefficient (Wildman–Crippen LogP) is 1.38. The van der Waals surface area contributed by atoms with Crippen LogP contribution < -0.4 is 5.32 Å². The van der Waals surface area contributed by atoms with Crippen LogP contribution in [0.5, 0.6) is 0 Å². The van der Waals surface area contributed by atoms with E-state index >= 15 is 0 Å². The van der Waals surface area contributed by atoms with Crippen LogP contribution in [0.2, 0.25) is 0 Å². The first kappa shape index (κ1) is 13.8. The van der Waals surface area contributed by atoms with Crippen molar-refractivity contribution >= 4 is 29.2 Å². The zero-order valence-electron chi connectivity index (χ0n) is 7.72. The van der Waals surface area contributed by atoms with Crippen molar-refractivity contribution in [2.24, 2.45) is 0 Å². The summed E-state index contributed by atoms with van der Waals surface area (Å²) < 4.78 is 0.690. The van der Waals surface area contributed by atoms with Gasteiger partial charge in [0.1, 0.15) is 4.32 Å². The lowest BCUT2D eigenvalue weighted by Crippen LogP contribution is -2.24. The van der Waals surface area contributed by atoms with Crippen LogP contribution >= 0.6 is 24.8 Å². The van der Waals surface area contributed by atoms with E-state index in [1.54, 1.807) is 0 Å². The molecule has 0 aromatic rings. The number of rotatable bonds is 2. The van der Waals surface area contributed by atoms with Crippen LogP contribution in [0.4, 0.5) is 0 Å². The minimum absolute atomic E-state index is 0.690. The molecule has 0 aromatic heterocycles. The largest absolute Gasteiger partial charge is 0.358 e. The maximum atomic E-state index is 4.81. The third kappa shape index (κ3) is 10.2. The van der Waals surface area contributed by atoms with E-state index in [4.69, 9.17) is 12.2 Å². The van der Waals surface area contributed by atoms with Gasteiger partial charge in [0.05, 0.1) is 0 Å². The summed E-state index contributed by atoms with van der Waals surface area (Å²) in [6.07, 6.45) is 0. The van der Waals surface area contributed by atoms with Crippen LogP contribution in [-0.4, -0.2) is 36.4 Å². The molecule has 0 aliphatic carbocycles. The standard InChI is InChI=1S/C5H11NS2.C2H7N/c1-3-6(4-2)5(7)8;1-3-2/h3-4H2,1-2H3,(H,7,8);3H,1-2H3. The molecule has 0 spiro atoms. The second-order valence-electron chi connectivity index (χ2n) is 1.95. The molecule has 68 valence electrons. The Morgan fingerprint density at radius 2 is 1.64 bits per heavy atom. The monoisotopic (exact) mass is 194 g/mol. The highest BCUT2D eigenvalue weighted by Gasteiger charge is 1.96. The molecule has 4 heteroatoms. The summed E-state index contributed by atoms with van der Waals surface area (Å²) in [7, 11) is 3.75. The van der Waals surface area contributed by atoms with Crippen molar-refractivity contribution in [1.29, 1.82) is 0 Å². The summed E-state index contributed by atoms with van der Waals surface area (Å²) in [5.74, 6) is 0. The number of nitrogens with zero attached hydrogens (tertiary/aromatic N) is 1. The fourth-order valence-electron chi connectivity index (χ4n) is 0.494. The van der Waals surface area contributed by atoms with Crippen LogP contribution in [-0.2, 0) is 0 Å². The molecule has 0 unspecified atom stereocenters. The Kier molecular flexibility index (Phi) is 12.8. The lowest BCUT2D eigenvalue weighted by atomic mass is 10.6. The van der Waals surface area contributed by atoms with Crippen molar-refractivity contribution in [2.75, 3.05) is 27.2 Å². The molecule has 0 amide bonds. The summed E-state index contributed by atoms with van der Waals surface area (Å²) in [6, 6.07) is 0. The van der Waals surface area contributed by atoms with Crippen LogP contribution in [0, 0.1) is 0 Å². The van der Waals surface area contributed by atoms with Crippen molar-refractivity contribution in [2.45, 2.75) is 13.8 Å². The molecule has 0 fully saturated rings. The molecule has 0 aliphatic rings. The van der Waals surface area contributed by atoms with E-state index in [1.165, 1.54) is 0 Å². The molecule has 0 saturated carbocycles. The fraction of sp³-hybridized carbons (Fsp3) is 0.857. The second kappa shape index (κ2) is 10.2. The van der Waals surface area contributed by atoms with Crippen LogP contribution in [0.15, 0.2) is 0 Å². The quantitative estimate of drug-likeness (QED) is 0.510. The fourth-order valence-corrected chi connectivity index (χ4v) is 1.04. The zero-order chi connectivity index (χ0) is 9.28. The molecule has 0 aromatic carbocycles. The van der Waals surface area contributed by atoms with E-state index in [1.807, 2.05) is 19.0 Å². The van der Waals surface area contributed by atoms with E-state index in [0.29, 0.717) is 4.32 Å². The van der Waals surface area contributed by atoms with E-state index < -0.39 is 0 Å². The van der Waals surface area contributed by atoms with Crippen molar-refractivity contribution in [3.8, 4) is 0 Å². The molecular formula is C7H18N2S2. The zero-order valence-corrected chi connectivity index (χ0v) is 9.43. The van der Waals surface area contributed by atoms with Gasteiger partial charge in [-0.2, -0.15) is 0 Å². The van der Waals surface area contributed by atoms with Crippen LogP contribution in [0.25, 0.3) is 0 Å². The average molecular weight is 194 g/mol. The van der Waals surface area contributed by atoms with Gasteiger partial charge >= 0.3 is 0 Å². The van der Waals surface area contributed by atoms with E-state index in [-0.39, 0.29) is 0 Å². The van der Waals surface area contributed by atoms with E-state index in [0.717, 1.165) is 13.1 Å². The minimum atomic E-state index is 0.690. The Morgan fingerprint density at radius 3 is 1.64 bits per heavy atom. The van der Waals surface area contributed by atoms with Crippen molar-refractivity contribution < 1.29 is 0 Å². The number of nitrogens with one attached hydrogen (secondary N) is 1. The molecule has 0 aliphatic heterocycles. The molecule has 2 nitrogen and oxygen atoms in total. The molecular weight excluding hydrogens is 176 g/mol. The van der Waals surface area contributed by atoms with Gasteiger partial charge < -0.3 is 10.2 Å². The molecule has 0 radical (unpaired) electrons. The highest BCUT2D eigenvalue weighted by Crippen LogP contribution is 1.93. The molecule has 0 rings (SSSR count). The Hall–Kier alpha value is 0.200. The topological polar surface area (TPSA) is 15.3 Å². The summed E-state index contributed by atoms with van der Waals surface area (Å²) in [4.78, 5) is 2.01. The van der Waals surface area contributed by atoms with Crippen molar-refractivity contribution in [1.82, 2.24) is 10.2 Å². The summed E-state index contributed by atoms with van der Waals surface area (Å²) >= 11 is 8.82. The second-order valence-corrected chi connectivity index (χ2v) is 3.07. The van der Waals surface area contributed by atoms with Gasteiger partial charge in [0.25, 0.3) is 0 Å². The minimum Gasteiger partial charge on any atom is -0.358 e. The van der Waals surface area contributed by atoms with Crippen LogP contribution in [0.3, 0.4) is 0 Å². The number of hydrogen-bond donors (Lipinski definition) is 2. The lowest BCUT2D eigenvalue weighted by molar-refractivity contribution is 0.482. The molecule has 0 bridgehead atoms. The molecule has 1 N–H and O–H groups in total. The van der Waals surface area contributed by atoms with Gasteiger partial charge in [0, 0.05) is 13.1 Å². The highest BCUT2D eigenvalue weighted by molar-refractivity contribution is 8.10. The Morgan fingerprint density at radius 1 is 1.36 bits per heavy atom. The molecule has 0 heterocycles. The van der Waals surface area contributed by atoms with Gasteiger partial charge in [0.2, 0.25) is 0 Å². The van der Waals surface area contributed by atoms with Gasteiger partial charge in [-0.25, -0.2) is 0 Å². The Balaban J connectivity index is 0. The SMILES string of the molecule is CCN(CC)C(=S)S.CNC. The predicted molar refractivity (Wildman–Crippen MR) is 59.5 cm³/mol. The van der Waals surface area contributed by atoms with Gasteiger partial charge in [-0.1, -0.05) is 12.2 Å². The Labute approximate surface area is 80.8 Å². The summed E-state index contributed by atoms with van der Waals surface area (Å²) in [5, 5.41) is 2.75. The number of hydrogen-bond acceptors (Lipinski definition) is 2. The summed E-state index contributed by atoms with van der Waals surface area (Å²) in [5.41, 5.74) is 0. The van der Waals surface area contributed by atoms with Gasteiger partial charge in [-0.15, -0.1) is 12.6 Å². The molecule has 0 atom stereocenters. The average Bonchev–Trinajstić information content (AvgIpc) is 1.91. The van der Waals surface area contributed by atoms with E-state index in [9.17, 15) is 0 Å². The third-order valence-electron chi connectivity index (χ3n) is 1.03. The van der Waals surface area contributed by atoms with Crippen molar-refractivity contribution in [3.63, 3.8) is 0 Å². The maximum absolute atomic E-state index is 4.81. The first-order chi connectivity index (χ1) is 5.13. The number of thiocarbonyl (C=S) groups is 1. The van der Waals surface area contributed by atoms with Gasteiger partial charge in [0.15, 0.2) is 0 Å². The van der Waals surface area contributed by atoms with Crippen LogP contribution in [0.1, 0.15) is 13.8 Å². The summed E-state index contributed by atoms with van der Waals surface area (Å²) in [6.45, 7) is 6.04. The first-order valence-electron chi connectivity index (χ1n) is 3.70. The van der Waals surface area contributed by atoms with Gasteiger partial charge in [-0.05, 0) is 27.9 Å². The highest BCUT2D eigenvalue weighted by atomic mass is 32.1. The third-order valence-corrected chi connectivity index (χ3v) is 1.58. The lowest BCUT2D eigenvalue weighted by Gasteiger charge is -2.16. The van der Waals surface area contributed by atoms with E-state index in [2.05, 4.69) is 31.8 Å². The maximum Gasteiger partial charge on any atom is 0.133 e. The molecule has 11 heavy (non-hydrogen) atoms.